The number of aryl methyl sites for hydroxylation is 2. The summed E-state index contributed by atoms with van der Waals surface area (Å²) in [5.74, 6) is 0.0111. The molecule has 3 aromatic rings. The fourth-order valence-corrected chi connectivity index (χ4v) is 4.06. The van der Waals surface area contributed by atoms with Crippen LogP contribution >= 0.6 is 0 Å². The monoisotopic (exact) mass is 367 g/mol. The Balaban J connectivity index is 1.51. The van der Waals surface area contributed by atoms with Gasteiger partial charge in [0.05, 0.1) is 6.54 Å². The number of aromatic nitrogens is 2. The van der Waals surface area contributed by atoms with Crippen molar-refractivity contribution in [3.8, 4) is 0 Å². The number of fused-ring (bicyclic) bond motifs is 2. The Hall–Kier alpha value is -2.60. The van der Waals surface area contributed by atoms with Gasteiger partial charge in [-0.15, -0.1) is 0 Å². The zero-order chi connectivity index (χ0) is 19.0. The predicted molar refractivity (Wildman–Crippen MR) is 103 cm³/mol. The van der Waals surface area contributed by atoms with Crippen LogP contribution in [-0.2, 0) is 25.9 Å². The third kappa shape index (κ3) is 3.25. The SMILES string of the molecule is CCCn1nc(C(=O)O)c2c1CC[C@@H](NCc1oc3ccccc3c1C)C2. The van der Waals surface area contributed by atoms with Gasteiger partial charge in [-0.05, 0) is 44.2 Å². The van der Waals surface area contributed by atoms with Crippen LogP contribution in [0.5, 0.6) is 0 Å². The lowest BCUT2D eigenvalue weighted by Crippen LogP contribution is -2.34. The molecule has 1 aromatic carbocycles. The largest absolute Gasteiger partial charge is 0.476 e. The molecular weight excluding hydrogens is 342 g/mol. The van der Waals surface area contributed by atoms with Crippen LogP contribution in [-0.4, -0.2) is 26.9 Å². The van der Waals surface area contributed by atoms with Gasteiger partial charge in [0.15, 0.2) is 5.69 Å². The van der Waals surface area contributed by atoms with E-state index in [4.69, 9.17) is 4.42 Å². The molecule has 0 fully saturated rings. The van der Waals surface area contributed by atoms with Crippen molar-refractivity contribution >= 4 is 16.9 Å². The summed E-state index contributed by atoms with van der Waals surface area (Å²) in [6, 6.07) is 8.28. The first kappa shape index (κ1) is 17.8. The van der Waals surface area contributed by atoms with Crippen LogP contribution in [0.2, 0.25) is 0 Å². The quantitative estimate of drug-likeness (QED) is 0.694. The normalized spacial score (nSPS) is 16.6. The minimum atomic E-state index is -0.935. The number of para-hydroxylation sites is 1. The number of carboxylic acids is 1. The lowest BCUT2D eigenvalue weighted by atomic mass is 9.91. The molecule has 0 spiro atoms. The first-order valence-corrected chi connectivity index (χ1v) is 9.60. The number of nitrogens with one attached hydrogen (secondary N) is 1. The second-order valence-electron chi connectivity index (χ2n) is 7.27. The molecule has 2 N–H and O–H groups in total. The molecule has 6 nitrogen and oxygen atoms in total. The number of nitrogens with zero attached hydrogens (tertiary/aromatic N) is 2. The molecule has 0 radical (unpaired) electrons. The van der Waals surface area contributed by atoms with Crippen molar-refractivity contribution in [2.24, 2.45) is 0 Å². The van der Waals surface area contributed by atoms with Crippen LogP contribution in [0, 0.1) is 6.92 Å². The minimum Gasteiger partial charge on any atom is -0.476 e. The van der Waals surface area contributed by atoms with Gasteiger partial charge in [-0.3, -0.25) is 4.68 Å². The highest BCUT2D eigenvalue weighted by atomic mass is 16.4. The van der Waals surface area contributed by atoms with Crippen molar-refractivity contribution in [3.05, 3.63) is 52.5 Å². The van der Waals surface area contributed by atoms with E-state index >= 15 is 0 Å². The maximum atomic E-state index is 11.6. The molecule has 142 valence electrons. The zero-order valence-electron chi connectivity index (χ0n) is 15.8. The first-order valence-electron chi connectivity index (χ1n) is 9.60. The van der Waals surface area contributed by atoms with Crippen molar-refractivity contribution in [1.29, 1.82) is 0 Å². The molecule has 0 bridgehead atoms. The van der Waals surface area contributed by atoms with Gasteiger partial charge < -0.3 is 14.8 Å². The maximum Gasteiger partial charge on any atom is 0.356 e. The summed E-state index contributed by atoms with van der Waals surface area (Å²) < 4.78 is 7.87. The summed E-state index contributed by atoms with van der Waals surface area (Å²) in [7, 11) is 0. The van der Waals surface area contributed by atoms with Crippen LogP contribution < -0.4 is 5.32 Å². The van der Waals surface area contributed by atoms with Crippen molar-refractivity contribution in [1.82, 2.24) is 15.1 Å². The average molecular weight is 367 g/mol. The average Bonchev–Trinajstić information content (AvgIpc) is 3.19. The highest BCUT2D eigenvalue weighted by molar-refractivity contribution is 5.87. The van der Waals surface area contributed by atoms with Gasteiger partial charge in [-0.2, -0.15) is 5.10 Å². The molecule has 27 heavy (non-hydrogen) atoms. The number of aromatic carboxylic acids is 1. The molecule has 2 aromatic heterocycles. The summed E-state index contributed by atoms with van der Waals surface area (Å²) in [5.41, 5.74) is 4.27. The zero-order valence-corrected chi connectivity index (χ0v) is 15.8. The lowest BCUT2D eigenvalue weighted by Gasteiger charge is -2.24. The van der Waals surface area contributed by atoms with Gasteiger partial charge in [-0.25, -0.2) is 4.79 Å². The van der Waals surface area contributed by atoms with Gasteiger partial charge in [0.1, 0.15) is 11.3 Å². The Morgan fingerprint density at radius 1 is 1.41 bits per heavy atom. The molecular formula is C21H25N3O3. The van der Waals surface area contributed by atoms with Crippen molar-refractivity contribution in [2.75, 3.05) is 0 Å². The molecule has 1 aliphatic rings. The van der Waals surface area contributed by atoms with Crippen LogP contribution in [0.1, 0.15) is 52.8 Å². The van der Waals surface area contributed by atoms with E-state index in [0.29, 0.717) is 13.0 Å². The Bertz CT molecular complexity index is 986. The van der Waals surface area contributed by atoms with Gasteiger partial charge in [0, 0.05) is 29.2 Å². The highest BCUT2D eigenvalue weighted by Crippen LogP contribution is 2.27. The van der Waals surface area contributed by atoms with Crippen molar-refractivity contribution < 1.29 is 14.3 Å². The van der Waals surface area contributed by atoms with Gasteiger partial charge in [0.2, 0.25) is 0 Å². The van der Waals surface area contributed by atoms with E-state index in [0.717, 1.165) is 59.4 Å². The molecule has 0 aliphatic heterocycles. The molecule has 4 rings (SSSR count). The summed E-state index contributed by atoms with van der Waals surface area (Å²) in [4.78, 5) is 11.6. The second kappa shape index (κ2) is 7.19. The van der Waals surface area contributed by atoms with Crippen molar-refractivity contribution in [2.45, 2.75) is 58.7 Å². The van der Waals surface area contributed by atoms with E-state index in [9.17, 15) is 9.90 Å². The smallest absolute Gasteiger partial charge is 0.356 e. The second-order valence-corrected chi connectivity index (χ2v) is 7.27. The molecule has 0 unspecified atom stereocenters. The summed E-state index contributed by atoms with van der Waals surface area (Å²) in [5, 5.41) is 18.6. The Morgan fingerprint density at radius 2 is 2.22 bits per heavy atom. The van der Waals surface area contributed by atoms with Crippen LogP contribution in [0.3, 0.4) is 0 Å². The van der Waals surface area contributed by atoms with E-state index < -0.39 is 5.97 Å². The summed E-state index contributed by atoms with van der Waals surface area (Å²) in [6.07, 6.45) is 3.47. The minimum absolute atomic E-state index is 0.213. The molecule has 2 heterocycles. The first-order chi connectivity index (χ1) is 13.1. The van der Waals surface area contributed by atoms with E-state index in [2.05, 4.69) is 30.3 Å². The third-order valence-electron chi connectivity index (χ3n) is 5.48. The summed E-state index contributed by atoms with van der Waals surface area (Å²) >= 11 is 0. The van der Waals surface area contributed by atoms with Crippen LogP contribution in [0.4, 0.5) is 0 Å². The molecule has 0 saturated heterocycles. The number of carbonyl (C=O) groups is 1. The fraction of sp³-hybridized carbons (Fsp3) is 0.429. The Kier molecular flexibility index (Phi) is 4.74. The maximum absolute atomic E-state index is 11.6. The molecule has 1 atom stereocenters. The number of hydrogen-bond donors (Lipinski definition) is 2. The Labute approximate surface area is 158 Å². The molecule has 0 saturated carbocycles. The van der Waals surface area contributed by atoms with Gasteiger partial charge >= 0.3 is 5.97 Å². The van der Waals surface area contributed by atoms with Crippen molar-refractivity contribution in [3.63, 3.8) is 0 Å². The van der Waals surface area contributed by atoms with E-state index in [1.807, 2.05) is 22.9 Å². The number of hydrogen-bond acceptors (Lipinski definition) is 4. The van der Waals surface area contributed by atoms with Gasteiger partial charge in [0.25, 0.3) is 0 Å². The fourth-order valence-electron chi connectivity index (χ4n) is 4.06. The standard InChI is InChI=1S/C21H25N3O3/c1-3-10-24-17-9-8-14(11-16(17)20(23-24)21(25)26)22-12-19-13(2)15-6-4-5-7-18(15)27-19/h4-7,14,22H,3,8-12H2,1-2H3,(H,25,26)/t14-/m1/s1. The number of furan rings is 1. The molecule has 6 heteroatoms. The van der Waals surface area contributed by atoms with E-state index in [1.54, 1.807) is 0 Å². The molecule has 0 amide bonds. The number of rotatable bonds is 6. The molecule has 1 aliphatic carbocycles. The van der Waals surface area contributed by atoms with E-state index in [1.165, 1.54) is 0 Å². The third-order valence-corrected chi connectivity index (χ3v) is 5.48. The lowest BCUT2D eigenvalue weighted by molar-refractivity contribution is 0.0688. The summed E-state index contributed by atoms with van der Waals surface area (Å²) in [6.45, 7) is 5.58. The van der Waals surface area contributed by atoms with Gasteiger partial charge in [-0.1, -0.05) is 25.1 Å². The predicted octanol–water partition coefficient (Wildman–Crippen LogP) is 3.69. The number of carboxylic acid groups (broad SMARTS) is 1. The van der Waals surface area contributed by atoms with E-state index in [-0.39, 0.29) is 11.7 Å². The topological polar surface area (TPSA) is 80.3 Å². The van der Waals surface area contributed by atoms with Crippen LogP contribution in [0.15, 0.2) is 28.7 Å². The van der Waals surface area contributed by atoms with Crippen LogP contribution in [0.25, 0.3) is 11.0 Å². The highest BCUT2D eigenvalue weighted by Gasteiger charge is 2.29. The number of benzene rings is 1. The Morgan fingerprint density at radius 3 is 2.96 bits per heavy atom.